The Morgan fingerprint density at radius 1 is 1.30 bits per heavy atom. The van der Waals surface area contributed by atoms with Crippen molar-refractivity contribution in [3.63, 3.8) is 0 Å². The number of aromatic nitrogens is 1. The van der Waals surface area contributed by atoms with Crippen LogP contribution in [0.4, 0.5) is 19.0 Å². The second-order valence-corrected chi connectivity index (χ2v) is 6.98. The number of alkyl halides is 3. The number of carboxylic acid groups (broad SMARTS) is 1. The highest BCUT2D eigenvalue weighted by atomic mass is 19.4. The van der Waals surface area contributed by atoms with Gasteiger partial charge in [0.15, 0.2) is 0 Å². The summed E-state index contributed by atoms with van der Waals surface area (Å²) >= 11 is 0. The van der Waals surface area contributed by atoms with Gasteiger partial charge in [0.1, 0.15) is 11.9 Å². The van der Waals surface area contributed by atoms with Gasteiger partial charge < -0.3 is 19.6 Å². The van der Waals surface area contributed by atoms with E-state index in [9.17, 15) is 22.8 Å². The highest BCUT2D eigenvalue weighted by Gasteiger charge is 2.38. The molecule has 2 heterocycles. The van der Waals surface area contributed by atoms with Gasteiger partial charge in [-0.25, -0.2) is 14.6 Å². The van der Waals surface area contributed by atoms with Crippen molar-refractivity contribution in [1.29, 1.82) is 0 Å². The van der Waals surface area contributed by atoms with E-state index in [1.807, 2.05) is 16.7 Å². The van der Waals surface area contributed by atoms with Gasteiger partial charge in [-0.2, -0.15) is 13.2 Å². The summed E-state index contributed by atoms with van der Waals surface area (Å²) in [7, 11) is 0. The van der Waals surface area contributed by atoms with E-state index in [0.29, 0.717) is 30.5 Å². The topological polar surface area (TPSA) is 100 Å². The van der Waals surface area contributed by atoms with Crippen LogP contribution in [-0.4, -0.2) is 71.3 Å². The van der Waals surface area contributed by atoms with Crippen LogP contribution < -0.4 is 4.90 Å². The average molecular weight is 433 g/mol. The number of anilines is 1. The number of piperazine rings is 1. The number of aliphatic carboxylic acids is 1. The Morgan fingerprint density at radius 2 is 1.90 bits per heavy atom. The molecule has 2 rings (SSSR count). The van der Waals surface area contributed by atoms with E-state index in [1.54, 1.807) is 19.1 Å². The molecule has 0 spiro atoms. The lowest BCUT2D eigenvalue weighted by Gasteiger charge is -2.40. The van der Waals surface area contributed by atoms with Crippen LogP contribution in [0.5, 0.6) is 0 Å². The number of halogens is 3. The van der Waals surface area contributed by atoms with E-state index in [-0.39, 0.29) is 17.9 Å². The van der Waals surface area contributed by atoms with Crippen LogP contribution in [-0.2, 0) is 14.3 Å². The fraction of sp³-hybridized carbons (Fsp3) is 0.579. The number of carbonyl (C=O) groups is 3. The minimum atomic E-state index is -5.08. The van der Waals surface area contributed by atoms with Crippen molar-refractivity contribution in [2.45, 2.75) is 39.9 Å². The summed E-state index contributed by atoms with van der Waals surface area (Å²) in [5.74, 6) is -1.84. The summed E-state index contributed by atoms with van der Waals surface area (Å²) in [6, 6.07) is 3.22. The van der Waals surface area contributed by atoms with Crippen molar-refractivity contribution in [2.75, 3.05) is 31.1 Å². The normalized spacial score (nSPS) is 16.8. The van der Waals surface area contributed by atoms with Gasteiger partial charge >= 0.3 is 18.1 Å². The molecule has 0 aromatic carbocycles. The molecule has 8 nitrogen and oxygen atoms in total. The Labute approximate surface area is 172 Å². The van der Waals surface area contributed by atoms with Crippen molar-refractivity contribution in [1.82, 2.24) is 9.88 Å². The smallest absolute Gasteiger partial charge is 0.475 e. The average Bonchev–Trinajstić information content (AvgIpc) is 2.65. The van der Waals surface area contributed by atoms with Crippen molar-refractivity contribution in [2.24, 2.45) is 5.92 Å². The lowest BCUT2D eigenvalue weighted by Crippen LogP contribution is -2.56. The standard InChI is InChI=1S/C17H25N3O3.C2HF3O2/c1-5-23-17(22)14-6-7-15(18-10-14)20-9-8-19(11-12(2)3)16(21)13(20)4;3-2(4,5)1(6)7/h6-7,10,12-13H,5,8-9,11H2,1-4H3;(H,6,7). The molecule has 0 aliphatic carbocycles. The first kappa shape index (κ1) is 25.2. The SMILES string of the molecule is CCOC(=O)c1ccc(N2CCN(CC(C)C)C(=O)C2C)nc1.O=C(O)C(F)(F)F. The van der Waals surface area contributed by atoms with Gasteiger partial charge in [-0.05, 0) is 31.9 Å². The van der Waals surface area contributed by atoms with Gasteiger partial charge in [0.25, 0.3) is 0 Å². The highest BCUT2D eigenvalue weighted by Crippen LogP contribution is 2.20. The summed E-state index contributed by atoms with van der Waals surface area (Å²) in [6.07, 6.45) is -3.58. The molecule has 11 heteroatoms. The number of nitrogens with zero attached hydrogens (tertiary/aromatic N) is 3. The molecule has 0 radical (unpaired) electrons. The fourth-order valence-corrected chi connectivity index (χ4v) is 2.76. The van der Waals surface area contributed by atoms with E-state index >= 15 is 0 Å². The maximum absolute atomic E-state index is 12.5. The van der Waals surface area contributed by atoms with Crippen LogP contribution in [0.3, 0.4) is 0 Å². The third-order valence-electron chi connectivity index (χ3n) is 4.13. The van der Waals surface area contributed by atoms with Gasteiger partial charge in [0.05, 0.1) is 12.2 Å². The van der Waals surface area contributed by atoms with Gasteiger partial charge in [0, 0.05) is 25.8 Å². The monoisotopic (exact) mass is 433 g/mol. The number of hydrogen-bond donors (Lipinski definition) is 1. The Kier molecular flexibility index (Phi) is 9.06. The third-order valence-corrected chi connectivity index (χ3v) is 4.13. The minimum absolute atomic E-state index is 0.126. The molecule has 1 saturated heterocycles. The van der Waals surface area contributed by atoms with Crippen molar-refractivity contribution in [3.05, 3.63) is 23.9 Å². The molecule has 1 aliphatic heterocycles. The summed E-state index contributed by atoms with van der Waals surface area (Å²) < 4.78 is 36.7. The zero-order valence-electron chi connectivity index (χ0n) is 17.3. The molecule has 1 amide bonds. The quantitative estimate of drug-likeness (QED) is 0.713. The summed E-state index contributed by atoms with van der Waals surface area (Å²) in [5.41, 5.74) is 0.424. The van der Waals surface area contributed by atoms with Crippen LogP contribution in [0.1, 0.15) is 38.1 Å². The van der Waals surface area contributed by atoms with Gasteiger partial charge in [-0.15, -0.1) is 0 Å². The van der Waals surface area contributed by atoms with Crippen LogP contribution in [0.15, 0.2) is 18.3 Å². The molecular weight excluding hydrogens is 407 g/mol. The van der Waals surface area contributed by atoms with E-state index in [4.69, 9.17) is 14.6 Å². The molecule has 1 N–H and O–H groups in total. The number of hydrogen-bond acceptors (Lipinski definition) is 6. The predicted molar refractivity (Wildman–Crippen MR) is 102 cm³/mol. The number of carboxylic acids is 1. The first-order chi connectivity index (χ1) is 13.9. The van der Waals surface area contributed by atoms with Crippen LogP contribution in [0.2, 0.25) is 0 Å². The molecule has 1 aromatic rings. The third kappa shape index (κ3) is 7.20. The largest absolute Gasteiger partial charge is 0.490 e. The Balaban J connectivity index is 0.000000553. The van der Waals surface area contributed by atoms with E-state index < -0.39 is 12.1 Å². The number of amides is 1. The van der Waals surface area contributed by atoms with Crippen molar-refractivity contribution < 1.29 is 37.4 Å². The molecular formula is C19H26F3N3O5. The maximum Gasteiger partial charge on any atom is 0.490 e. The molecule has 1 aliphatic rings. The van der Waals surface area contributed by atoms with E-state index in [1.165, 1.54) is 6.20 Å². The zero-order valence-corrected chi connectivity index (χ0v) is 17.3. The minimum Gasteiger partial charge on any atom is -0.475 e. The van der Waals surface area contributed by atoms with Crippen LogP contribution in [0, 0.1) is 5.92 Å². The lowest BCUT2D eigenvalue weighted by molar-refractivity contribution is -0.192. The summed E-state index contributed by atoms with van der Waals surface area (Å²) in [6.45, 7) is 10.4. The lowest BCUT2D eigenvalue weighted by atomic mass is 10.1. The molecule has 0 saturated carbocycles. The van der Waals surface area contributed by atoms with E-state index in [0.717, 1.165) is 13.1 Å². The fourth-order valence-electron chi connectivity index (χ4n) is 2.76. The molecule has 1 fully saturated rings. The Bertz CT molecular complexity index is 738. The molecule has 168 valence electrons. The first-order valence-corrected chi connectivity index (χ1v) is 9.37. The number of rotatable bonds is 5. The predicted octanol–water partition coefficient (Wildman–Crippen LogP) is 2.58. The highest BCUT2D eigenvalue weighted by molar-refractivity contribution is 5.89. The first-order valence-electron chi connectivity index (χ1n) is 9.37. The Morgan fingerprint density at radius 3 is 2.33 bits per heavy atom. The Hall–Kier alpha value is -2.85. The number of pyridine rings is 1. The number of carbonyl (C=O) groups excluding carboxylic acids is 2. The summed E-state index contributed by atoms with van der Waals surface area (Å²) in [4.78, 5) is 41.3. The van der Waals surface area contributed by atoms with Crippen molar-refractivity contribution in [3.8, 4) is 0 Å². The summed E-state index contributed by atoms with van der Waals surface area (Å²) in [5, 5.41) is 7.12. The number of ether oxygens (including phenoxy) is 1. The van der Waals surface area contributed by atoms with Gasteiger partial charge in [-0.1, -0.05) is 13.8 Å². The second kappa shape index (κ2) is 10.8. The second-order valence-electron chi connectivity index (χ2n) is 6.98. The maximum atomic E-state index is 12.5. The molecule has 1 atom stereocenters. The molecule has 1 aromatic heterocycles. The van der Waals surface area contributed by atoms with Crippen molar-refractivity contribution >= 4 is 23.7 Å². The zero-order chi connectivity index (χ0) is 23.1. The molecule has 0 bridgehead atoms. The van der Waals surface area contributed by atoms with Crippen LogP contribution >= 0.6 is 0 Å². The number of esters is 1. The van der Waals surface area contributed by atoms with E-state index in [2.05, 4.69) is 18.8 Å². The molecule has 1 unspecified atom stereocenters. The van der Waals surface area contributed by atoms with Crippen LogP contribution in [0.25, 0.3) is 0 Å². The molecule has 30 heavy (non-hydrogen) atoms. The van der Waals surface area contributed by atoms with Gasteiger partial charge in [-0.3, -0.25) is 4.79 Å². The van der Waals surface area contributed by atoms with Gasteiger partial charge in [0.2, 0.25) is 5.91 Å².